The lowest BCUT2D eigenvalue weighted by atomic mass is 10.0. The summed E-state index contributed by atoms with van der Waals surface area (Å²) in [5.74, 6) is -18.2. The molecule has 27 heteroatoms. The van der Waals surface area contributed by atoms with E-state index in [9.17, 15) is 85.4 Å². The van der Waals surface area contributed by atoms with Crippen LogP contribution in [0.1, 0.15) is 61.2 Å². The van der Waals surface area contributed by atoms with Gasteiger partial charge in [0.05, 0.1) is 71.5 Å². The second-order valence-electron chi connectivity index (χ2n) is 10.1. The Balaban J connectivity index is 0. The van der Waals surface area contributed by atoms with E-state index in [0.717, 1.165) is 0 Å². The van der Waals surface area contributed by atoms with Gasteiger partial charge in [0, 0.05) is 12.8 Å². The first kappa shape index (κ1) is 55.0. The summed E-state index contributed by atoms with van der Waals surface area (Å²) in [6.07, 6.45) is -9.04. The molecule has 0 bridgehead atoms. The van der Waals surface area contributed by atoms with E-state index in [-0.39, 0.29) is 28.0 Å². The minimum absolute atomic E-state index is 0.0953. The van der Waals surface area contributed by atoms with Crippen LogP contribution in [0.4, 0.5) is 52.7 Å². The number of hydrogen-bond donors (Lipinski definition) is 1. The van der Waals surface area contributed by atoms with E-state index in [1.165, 1.54) is 71.9 Å². The highest BCUT2D eigenvalue weighted by Crippen LogP contribution is 2.48. The fourth-order valence-electron chi connectivity index (χ4n) is 3.31. The van der Waals surface area contributed by atoms with Gasteiger partial charge in [0.25, 0.3) is 0 Å². The van der Waals surface area contributed by atoms with Crippen molar-refractivity contribution in [2.75, 3.05) is 49.3 Å². The SMILES string of the molecule is CCC(F)(F)C(F)(F)C(F)(F)CCOC(F)(F)F.COC(=O)c1cc(O)cc(C(=O)OC)c1.COC(=O)c1cc(OC)cc(C(=O)OC)c1.COS(=O)(=O)C(F)(F)F. The van der Waals surface area contributed by atoms with Crippen molar-refractivity contribution in [2.24, 2.45) is 0 Å². The van der Waals surface area contributed by atoms with Gasteiger partial charge in [-0.15, -0.1) is 13.2 Å². The molecular formula is C31H34F12O14S. The Kier molecular flexibility index (Phi) is 21.6. The average molecular weight is 891 g/mol. The van der Waals surface area contributed by atoms with Crippen LogP contribution in [0.2, 0.25) is 0 Å². The van der Waals surface area contributed by atoms with E-state index in [1.54, 1.807) is 0 Å². The molecule has 58 heavy (non-hydrogen) atoms. The zero-order chi connectivity index (χ0) is 46.1. The maximum atomic E-state index is 12.8. The molecule has 0 saturated heterocycles. The molecule has 0 aromatic heterocycles. The van der Waals surface area contributed by atoms with Gasteiger partial charge < -0.3 is 28.8 Å². The van der Waals surface area contributed by atoms with Gasteiger partial charge in [0.2, 0.25) is 0 Å². The van der Waals surface area contributed by atoms with E-state index in [1.807, 2.05) is 0 Å². The molecule has 0 aliphatic carbocycles. The Hall–Kier alpha value is -5.05. The molecule has 2 rings (SSSR count). The van der Waals surface area contributed by atoms with Crippen molar-refractivity contribution in [3.05, 3.63) is 58.7 Å². The van der Waals surface area contributed by atoms with Crippen LogP contribution in [0.5, 0.6) is 11.5 Å². The molecule has 0 radical (unpaired) electrons. The molecule has 2 aromatic rings. The van der Waals surface area contributed by atoms with Crippen molar-refractivity contribution in [1.29, 1.82) is 0 Å². The van der Waals surface area contributed by atoms with Crippen LogP contribution in [0.3, 0.4) is 0 Å². The van der Waals surface area contributed by atoms with Gasteiger partial charge in [-0.25, -0.2) is 19.2 Å². The Morgan fingerprint density at radius 2 is 0.931 bits per heavy atom. The zero-order valence-electron chi connectivity index (χ0n) is 30.8. The Morgan fingerprint density at radius 1 is 0.586 bits per heavy atom. The van der Waals surface area contributed by atoms with Crippen LogP contribution in [0.25, 0.3) is 0 Å². The minimum Gasteiger partial charge on any atom is -0.508 e. The first-order valence-corrected chi connectivity index (χ1v) is 16.3. The van der Waals surface area contributed by atoms with Crippen LogP contribution >= 0.6 is 0 Å². The van der Waals surface area contributed by atoms with Gasteiger partial charge in [-0.1, -0.05) is 6.92 Å². The van der Waals surface area contributed by atoms with Crippen LogP contribution in [0, 0.1) is 0 Å². The highest BCUT2D eigenvalue weighted by molar-refractivity contribution is 7.87. The molecule has 0 spiro atoms. The van der Waals surface area contributed by atoms with Crippen LogP contribution in [0.15, 0.2) is 36.4 Å². The topological polar surface area (TPSA) is 187 Å². The number of methoxy groups -OCH3 is 5. The Labute approximate surface area is 320 Å². The molecule has 0 aliphatic rings. The molecule has 0 aliphatic heterocycles. The van der Waals surface area contributed by atoms with Gasteiger partial charge in [0.1, 0.15) is 11.5 Å². The molecule has 0 unspecified atom stereocenters. The normalized spacial score (nSPS) is 11.8. The number of benzene rings is 2. The molecule has 0 fully saturated rings. The molecule has 14 nitrogen and oxygen atoms in total. The zero-order valence-corrected chi connectivity index (χ0v) is 31.6. The molecule has 0 amide bonds. The standard InChI is InChI=1S/C11H12O5.C10H10O5.C8H9F9O.C2H3F3O3S/c1-14-9-5-7(10(12)15-2)4-8(6-9)11(13)16-3;1-14-9(12)6-3-7(10(13)15-2)5-8(11)4-6;1-2-5(9,10)7(13,14)6(11,12)3-4-18-8(15,16)17;1-8-9(6,7)2(3,4)5/h4-6H,1-3H3;3-5,11H,1-2H3;2-4H2,1H3;1H3. The number of phenolic OH excluding ortho intramolecular Hbond substituents is 1. The Morgan fingerprint density at radius 3 is 1.17 bits per heavy atom. The first-order chi connectivity index (χ1) is 26.3. The second kappa shape index (κ2) is 22.8. The first-order valence-electron chi connectivity index (χ1n) is 14.9. The van der Waals surface area contributed by atoms with Crippen molar-refractivity contribution >= 4 is 34.0 Å². The fourth-order valence-corrected chi connectivity index (χ4v) is 3.50. The quantitative estimate of drug-likeness (QED) is 0.0759. The van der Waals surface area contributed by atoms with Crippen LogP contribution < -0.4 is 4.74 Å². The van der Waals surface area contributed by atoms with Crippen LogP contribution in [-0.2, 0) is 38.0 Å². The molecular weight excluding hydrogens is 856 g/mol. The number of halogens is 12. The number of carbonyl (C=O) groups excluding carboxylic acids is 4. The highest BCUT2D eigenvalue weighted by Gasteiger charge is 2.70. The van der Waals surface area contributed by atoms with Gasteiger partial charge in [0.15, 0.2) is 0 Å². The maximum absolute atomic E-state index is 12.8. The molecule has 0 heterocycles. The Bertz CT molecular complexity index is 1710. The monoisotopic (exact) mass is 890 g/mol. The summed E-state index contributed by atoms with van der Waals surface area (Å²) in [4.78, 5) is 44.9. The lowest BCUT2D eigenvalue weighted by molar-refractivity contribution is -0.342. The fraction of sp³-hybridized carbons (Fsp3) is 0.484. The number of esters is 4. The molecule has 332 valence electrons. The van der Waals surface area contributed by atoms with E-state index >= 15 is 0 Å². The van der Waals surface area contributed by atoms with Crippen molar-refractivity contribution in [1.82, 2.24) is 0 Å². The third kappa shape index (κ3) is 17.2. The summed E-state index contributed by atoms with van der Waals surface area (Å²) >= 11 is 0. The van der Waals surface area contributed by atoms with Gasteiger partial charge >= 0.3 is 63.6 Å². The number of carbonyl (C=O) groups is 4. The minimum atomic E-state index is -5.75. The molecule has 0 atom stereocenters. The molecule has 2 aromatic carbocycles. The van der Waals surface area contributed by atoms with E-state index in [2.05, 4.69) is 27.9 Å². The van der Waals surface area contributed by atoms with Crippen molar-refractivity contribution in [3.8, 4) is 11.5 Å². The van der Waals surface area contributed by atoms with Gasteiger partial charge in [-0.05, 0) is 36.4 Å². The smallest absolute Gasteiger partial charge is 0.508 e. The number of ether oxygens (including phenoxy) is 6. The number of alkyl halides is 12. The highest BCUT2D eigenvalue weighted by atomic mass is 32.2. The third-order valence-corrected chi connectivity index (χ3v) is 7.30. The van der Waals surface area contributed by atoms with Gasteiger partial charge in [-0.3, -0.25) is 8.92 Å². The number of hydrogen-bond acceptors (Lipinski definition) is 14. The van der Waals surface area contributed by atoms with E-state index < -0.39 is 83.1 Å². The predicted molar refractivity (Wildman–Crippen MR) is 170 cm³/mol. The van der Waals surface area contributed by atoms with Crippen molar-refractivity contribution < 1.29 is 118 Å². The third-order valence-electron chi connectivity index (χ3n) is 6.29. The van der Waals surface area contributed by atoms with Crippen LogP contribution in [-0.4, -0.2) is 116 Å². The van der Waals surface area contributed by atoms with E-state index in [4.69, 9.17) is 4.74 Å². The summed E-state index contributed by atoms with van der Waals surface area (Å²) in [5, 5.41) is 9.27. The van der Waals surface area contributed by atoms with E-state index in [0.29, 0.717) is 19.8 Å². The maximum Gasteiger partial charge on any atom is 0.523 e. The largest absolute Gasteiger partial charge is 0.523 e. The van der Waals surface area contributed by atoms with Crippen molar-refractivity contribution in [3.63, 3.8) is 0 Å². The average Bonchev–Trinajstić information content (AvgIpc) is 3.15. The summed E-state index contributed by atoms with van der Waals surface area (Å²) in [7, 11) is 1.51. The molecule has 0 saturated carbocycles. The number of phenols is 1. The lowest BCUT2D eigenvalue weighted by Gasteiger charge is -2.32. The second-order valence-corrected chi connectivity index (χ2v) is 11.8. The summed E-state index contributed by atoms with van der Waals surface area (Å²) in [6, 6.07) is 8.06. The molecule has 1 N–H and O–H groups in total. The van der Waals surface area contributed by atoms with Crippen molar-refractivity contribution in [2.45, 2.75) is 49.4 Å². The summed E-state index contributed by atoms with van der Waals surface area (Å²) < 4.78 is 192. The van der Waals surface area contributed by atoms with Gasteiger partial charge in [-0.2, -0.15) is 47.9 Å². The predicted octanol–water partition coefficient (Wildman–Crippen LogP) is 6.95. The number of aromatic hydroxyl groups is 1. The number of rotatable bonds is 12. The lowest BCUT2D eigenvalue weighted by Crippen LogP contribution is -2.54. The summed E-state index contributed by atoms with van der Waals surface area (Å²) in [6.45, 7) is -1.29. The summed E-state index contributed by atoms with van der Waals surface area (Å²) in [5.41, 5.74) is -4.64.